The van der Waals surface area contributed by atoms with Gasteiger partial charge in [-0.15, -0.1) is 0 Å². The molecule has 4 rings (SSSR count). The quantitative estimate of drug-likeness (QED) is 0.492. The number of benzene rings is 2. The normalized spacial score (nSPS) is 15.3. The lowest BCUT2D eigenvalue weighted by molar-refractivity contribution is 0.719. The summed E-state index contributed by atoms with van der Waals surface area (Å²) in [4.78, 5) is 0. The number of aromatic nitrogens is 1. The first-order valence-electron chi connectivity index (χ1n) is 9.95. The molecule has 0 N–H and O–H groups in total. The number of aryl methyl sites for hydroxylation is 3. The highest BCUT2D eigenvalue weighted by molar-refractivity contribution is 5.93. The molecule has 1 heteroatoms. The first kappa shape index (κ1) is 16.4. The molecule has 0 atom stereocenters. The Morgan fingerprint density at radius 3 is 2.44 bits per heavy atom. The van der Waals surface area contributed by atoms with Gasteiger partial charge in [0, 0.05) is 23.0 Å². The molecule has 1 fully saturated rings. The number of hydrogen-bond acceptors (Lipinski definition) is 0. The van der Waals surface area contributed by atoms with Gasteiger partial charge in [-0.3, -0.25) is 0 Å². The van der Waals surface area contributed by atoms with E-state index in [1.807, 2.05) is 0 Å². The molecule has 0 unspecified atom stereocenters. The lowest BCUT2D eigenvalue weighted by Crippen LogP contribution is -2.01. The molecule has 1 aromatic heterocycles. The lowest BCUT2D eigenvalue weighted by Gasteiger charge is -2.16. The van der Waals surface area contributed by atoms with Crippen LogP contribution in [0.5, 0.6) is 0 Å². The smallest absolute Gasteiger partial charge is 0.0529 e. The van der Waals surface area contributed by atoms with Crippen LogP contribution in [-0.4, -0.2) is 4.57 Å². The molecule has 3 aromatic rings. The van der Waals surface area contributed by atoms with E-state index in [1.165, 1.54) is 59.0 Å². The Hall–Kier alpha value is -2.02. The van der Waals surface area contributed by atoms with Crippen molar-refractivity contribution in [2.24, 2.45) is 0 Å². The van der Waals surface area contributed by atoms with E-state index in [1.54, 1.807) is 5.56 Å². The first-order valence-corrected chi connectivity index (χ1v) is 9.95. The van der Waals surface area contributed by atoms with Gasteiger partial charge in [-0.25, -0.2) is 0 Å². The summed E-state index contributed by atoms with van der Waals surface area (Å²) in [6, 6.07) is 16.1. The highest BCUT2D eigenvalue weighted by Crippen LogP contribution is 2.45. The standard InChI is InChI=1S/C24H29N/c1-4-18-14-15-22-21(16-18)23(19-11-7-8-12-19)24(25(22)5-2)20-13-9-6-10-17(20)3/h6,9-10,13-16,19H,4-5,7-8,11-12H2,1-3H3. The van der Waals surface area contributed by atoms with Crippen molar-refractivity contribution in [3.8, 4) is 11.3 Å². The van der Waals surface area contributed by atoms with Crippen LogP contribution in [0.25, 0.3) is 22.2 Å². The summed E-state index contributed by atoms with van der Waals surface area (Å²) in [6.07, 6.45) is 6.56. The first-order chi connectivity index (χ1) is 12.2. The maximum absolute atomic E-state index is 2.56. The molecule has 1 heterocycles. The van der Waals surface area contributed by atoms with Gasteiger partial charge in [0.25, 0.3) is 0 Å². The molecule has 2 aromatic carbocycles. The van der Waals surface area contributed by atoms with Gasteiger partial charge < -0.3 is 4.57 Å². The average molecular weight is 332 g/mol. The molecule has 0 radical (unpaired) electrons. The summed E-state index contributed by atoms with van der Waals surface area (Å²) < 4.78 is 2.56. The van der Waals surface area contributed by atoms with Crippen molar-refractivity contribution in [2.75, 3.05) is 0 Å². The molecule has 1 nitrogen and oxygen atoms in total. The van der Waals surface area contributed by atoms with Gasteiger partial charge in [0.2, 0.25) is 0 Å². The van der Waals surface area contributed by atoms with Crippen LogP contribution in [0.2, 0.25) is 0 Å². The van der Waals surface area contributed by atoms with E-state index >= 15 is 0 Å². The predicted molar refractivity (Wildman–Crippen MR) is 108 cm³/mol. The molecular weight excluding hydrogens is 302 g/mol. The van der Waals surface area contributed by atoms with Crippen LogP contribution in [0.15, 0.2) is 42.5 Å². The highest BCUT2D eigenvalue weighted by atomic mass is 15.0. The number of hydrogen-bond donors (Lipinski definition) is 0. The third-order valence-electron chi connectivity index (χ3n) is 6.06. The molecule has 0 aliphatic heterocycles. The maximum atomic E-state index is 2.56. The zero-order valence-electron chi connectivity index (χ0n) is 15.8. The molecule has 1 saturated carbocycles. The Morgan fingerprint density at radius 1 is 1.00 bits per heavy atom. The van der Waals surface area contributed by atoms with Crippen molar-refractivity contribution in [1.82, 2.24) is 4.57 Å². The van der Waals surface area contributed by atoms with E-state index in [0.29, 0.717) is 0 Å². The molecule has 1 aliphatic rings. The molecule has 25 heavy (non-hydrogen) atoms. The summed E-state index contributed by atoms with van der Waals surface area (Å²) in [5.41, 5.74) is 8.78. The second-order valence-corrected chi connectivity index (χ2v) is 7.51. The molecule has 0 spiro atoms. The Balaban J connectivity index is 2.08. The fourth-order valence-corrected chi connectivity index (χ4v) is 4.73. The van der Waals surface area contributed by atoms with Gasteiger partial charge in [-0.05, 0) is 67.9 Å². The van der Waals surface area contributed by atoms with Crippen LogP contribution in [0.3, 0.4) is 0 Å². The third-order valence-corrected chi connectivity index (χ3v) is 6.06. The number of fused-ring (bicyclic) bond motifs is 1. The SMILES string of the molecule is CCc1ccc2c(c1)c(C1CCCC1)c(-c1ccccc1C)n2CC. The summed E-state index contributed by atoms with van der Waals surface area (Å²) in [6.45, 7) is 7.82. The van der Waals surface area contributed by atoms with Crippen molar-refractivity contribution in [3.05, 3.63) is 59.2 Å². The van der Waals surface area contributed by atoms with Crippen LogP contribution in [0.1, 0.15) is 62.1 Å². The molecule has 1 aliphatic carbocycles. The Bertz CT molecular complexity index is 894. The zero-order valence-corrected chi connectivity index (χ0v) is 15.8. The van der Waals surface area contributed by atoms with E-state index in [2.05, 4.69) is 67.8 Å². The minimum atomic E-state index is 0.719. The molecule has 0 saturated heterocycles. The predicted octanol–water partition coefficient (Wildman–Crippen LogP) is 6.86. The average Bonchev–Trinajstić information content (AvgIpc) is 3.26. The second-order valence-electron chi connectivity index (χ2n) is 7.51. The summed E-state index contributed by atoms with van der Waals surface area (Å²) in [5.74, 6) is 0.719. The minimum Gasteiger partial charge on any atom is -0.341 e. The van der Waals surface area contributed by atoms with Crippen LogP contribution < -0.4 is 0 Å². The van der Waals surface area contributed by atoms with Gasteiger partial charge in [-0.1, -0.05) is 50.1 Å². The fraction of sp³-hybridized carbons (Fsp3) is 0.417. The zero-order chi connectivity index (χ0) is 17.4. The lowest BCUT2D eigenvalue weighted by atomic mass is 9.90. The Kier molecular flexibility index (Phi) is 4.41. The van der Waals surface area contributed by atoms with Gasteiger partial charge in [0.1, 0.15) is 0 Å². The molecule has 130 valence electrons. The van der Waals surface area contributed by atoms with Gasteiger partial charge in [0.05, 0.1) is 5.69 Å². The molecule has 0 bridgehead atoms. The van der Waals surface area contributed by atoms with E-state index in [9.17, 15) is 0 Å². The second kappa shape index (κ2) is 6.71. The van der Waals surface area contributed by atoms with Crippen LogP contribution in [0, 0.1) is 6.92 Å². The van der Waals surface area contributed by atoms with E-state index in [-0.39, 0.29) is 0 Å². The minimum absolute atomic E-state index is 0.719. The number of rotatable bonds is 4. The van der Waals surface area contributed by atoms with Crippen molar-refractivity contribution in [2.45, 2.75) is 65.3 Å². The summed E-state index contributed by atoms with van der Waals surface area (Å²) in [5, 5.41) is 1.51. The summed E-state index contributed by atoms with van der Waals surface area (Å²) in [7, 11) is 0. The largest absolute Gasteiger partial charge is 0.341 e. The monoisotopic (exact) mass is 331 g/mol. The van der Waals surface area contributed by atoms with Gasteiger partial charge in [-0.2, -0.15) is 0 Å². The van der Waals surface area contributed by atoms with Crippen LogP contribution in [0.4, 0.5) is 0 Å². The van der Waals surface area contributed by atoms with Gasteiger partial charge >= 0.3 is 0 Å². The maximum Gasteiger partial charge on any atom is 0.0529 e. The van der Waals surface area contributed by atoms with E-state index in [4.69, 9.17) is 0 Å². The van der Waals surface area contributed by atoms with Crippen LogP contribution >= 0.6 is 0 Å². The van der Waals surface area contributed by atoms with Crippen molar-refractivity contribution >= 4 is 10.9 Å². The van der Waals surface area contributed by atoms with Gasteiger partial charge in [0.15, 0.2) is 0 Å². The Labute approximate surface area is 151 Å². The van der Waals surface area contributed by atoms with Crippen LogP contribution in [-0.2, 0) is 13.0 Å². The van der Waals surface area contributed by atoms with E-state index in [0.717, 1.165) is 18.9 Å². The number of nitrogens with zero attached hydrogens (tertiary/aromatic N) is 1. The highest BCUT2D eigenvalue weighted by Gasteiger charge is 2.27. The van der Waals surface area contributed by atoms with Crippen molar-refractivity contribution in [3.63, 3.8) is 0 Å². The molecule has 0 amide bonds. The fourth-order valence-electron chi connectivity index (χ4n) is 4.73. The van der Waals surface area contributed by atoms with Crippen molar-refractivity contribution < 1.29 is 0 Å². The molecular formula is C24H29N. The van der Waals surface area contributed by atoms with E-state index < -0.39 is 0 Å². The summed E-state index contributed by atoms with van der Waals surface area (Å²) >= 11 is 0. The topological polar surface area (TPSA) is 4.93 Å². The Morgan fingerprint density at radius 2 is 1.76 bits per heavy atom. The van der Waals surface area contributed by atoms with Crippen molar-refractivity contribution in [1.29, 1.82) is 0 Å². The third kappa shape index (κ3) is 2.70.